The normalized spacial score (nSPS) is 17.3. The molecule has 0 aliphatic carbocycles. The molecule has 45 heavy (non-hydrogen) atoms. The highest BCUT2D eigenvalue weighted by Gasteiger charge is 2.50. The summed E-state index contributed by atoms with van der Waals surface area (Å²) < 4.78 is 5.39. The third kappa shape index (κ3) is 11.6. The predicted octanol–water partition coefficient (Wildman–Crippen LogP) is 4.14. The number of Topliss-reactive ketones (excluding diaryl/α,β-unsaturated/α-hetero) is 1. The minimum Gasteiger partial charge on any atom is -0.465 e. The maximum atomic E-state index is 13.7. The number of carbonyl (C=O) groups is 5. The predicted molar refractivity (Wildman–Crippen MR) is 171 cm³/mol. The van der Waals surface area contributed by atoms with Gasteiger partial charge in [-0.2, -0.15) is 0 Å². The van der Waals surface area contributed by atoms with Gasteiger partial charge in [-0.3, -0.25) is 24.5 Å². The van der Waals surface area contributed by atoms with E-state index in [0.717, 1.165) is 24.8 Å². The van der Waals surface area contributed by atoms with Gasteiger partial charge in [0.15, 0.2) is 5.78 Å². The van der Waals surface area contributed by atoms with Crippen LogP contribution in [0.15, 0.2) is 54.6 Å². The first kappa shape index (κ1) is 35.2. The number of unbranched alkanes of at least 4 members (excludes halogenated alkanes) is 3. The minimum atomic E-state index is -1.19. The molecule has 4 amide bonds. The molecule has 4 atom stereocenters. The van der Waals surface area contributed by atoms with Gasteiger partial charge in [-0.15, -0.1) is 0 Å². The van der Waals surface area contributed by atoms with E-state index in [1.54, 1.807) is 31.2 Å². The second kappa shape index (κ2) is 17.3. The fourth-order valence-electron chi connectivity index (χ4n) is 4.99. The molecule has 1 heterocycles. The van der Waals surface area contributed by atoms with Gasteiger partial charge in [0.25, 0.3) is 0 Å². The van der Waals surface area contributed by atoms with Crippen molar-refractivity contribution in [2.45, 2.75) is 102 Å². The van der Waals surface area contributed by atoms with E-state index in [0.29, 0.717) is 30.5 Å². The average molecular weight is 623 g/mol. The van der Waals surface area contributed by atoms with Crippen molar-refractivity contribution >= 4 is 35.3 Å². The number of carboxylic acid groups (broad SMARTS) is 1. The van der Waals surface area contributed by atoms with Crippen molar-refractivity contribution in [1.29, 1.82) is 0 Å². The van der Waals surface area contributed by atoms with E-state index in [-0.39, 0.29) is 37.6 Å². The van der Waals surface area contributed by atoms with Crippen LogP contribution in [0.25, 0.3) is 0 Å². The summed E-state index contributed by atoms with van der Waals surface area (Å²) in [5, 5.41) is 19.8. The maximum Gasteiger partial charge on any atom is 0.409 e. The van der Waals surface area contributed by atoms with E-state index in [1.165, 1.54) is 0 Å². The van der Waals surface area contributed by atoms with Crippen molar-refractivity contribution in [3.63, 3.8) is 0 Å². The van der Waals surface area contributed by atoms with Gasteiger partial charge in [-0.25, -0.2) is 4.79 Å². The van der Waals surface area contributed by atoms with Gasteiger partial charge in [0, 0.05) is 18.5 Å². The highest BCUT2D eigenvalue weighted by Crippen LogP contribution is 2.29. The van der Waals surface area contributed by atoms with Crippen molar-refractivity contribution in [3.05, 3.63) is 65.7 Å². The van der Waals surface area contributed by atoms with Crippen molar-refractivity contribution in [3.8, 4) is 0 Å². The first-order chi connectivity index (χ1) is 21.5. The number of anilines is 1. The lowest BCUT2D eigenvalue weighted by molar-refractivity contribution is -0.134. The number of hydrogen-bond acceptors (Lipinski definition) is 6. The fraction of sp³-hybridized carbons (Fsp3) is 0.500. The Labute approximate surface area is 264 Å². The second-order valence-electron chi connectivity index (χ2n) is 11.7. The first-order valence-electron chi connectivity index (χ1n) is 15.8. The van der Waals surface area contributed by atoms with Crippen LogP contribution in [0.4, 0.5) is 10.5 Å². The molecular formula is C34H46N4O7. The Balaban J connectivity index is 1.78. The van der Waals surface area contributed by atoms with Gasteiger partial charge in [-0.1, -0.05) is 82.0 Å². The van der Waals surface area contributed by atoms with E-state index in [4.69, 9.17) is 9.84 Å². The van der Waals surface area contributed by atoms with Crippen molar-refractivity contribution < 1.29 is 33.8 Å². The number of rotatable bonds is 19. The Morgan fingerprint density at radius 3 is 1.96 bits per heavy atom. The van der Waals surface area contributed by atoms with Crippen LogP contribution in [0.2, 0.25) is 0 Å². The van der Waals surface area contributed by atoms with Crippen LogP contribution in [0.1, 0.15) is 76.8 Å². The SMILES string of the molecule is CCCCCC(=O)NC(Cc1ccc(NC(=O)O)cc1)C(=O)NC(CCCC)C(=O)NC(Cc1ccccc1)C(=O)C1(C)CO1. The van der Waals surface area contributed by atoms with Crippen LogP contribution >= 0.6 is 0 Å². The lowest BCUT2D eigenvalue weighted by Gasteiger charge is -2.26. The molecule has 4 unspecified atom stereocenters. The van der Waals surface area contributed by atoms with Gasteiger partial charge in [0.2, 0.25) is 17.7 Å². The van der Waals surface area contributed by atoms with Gasteiger partial charge < -0.3 is 25.8 Å². The molecule has 244 valence electrons. The molecule has 0 saturated carbocycles. The summed E-state index contributed by atoms with van der Waals surface area (Å²) in [6, 6.07) is 13.1. The van der Waals surface area contributed by atoms with Crippen molar-refractivity contribution in [2.75, 3.05) is 11.9 Å². The molecule has 1 fully saturated rings. The average Bonchev–Trinajstić information content (AvgIpc) is 3.77. The van der Waals surface area contributed by atoms with Crippen LogP contribution in [0, 0.1) is 0 Å². The Morgan fingerprint density at radius 2 is 1.36 bits per heavy atom. The molecule has 1 aliphatic heterocycles. The molecule has 0 spiro atoms. The summed E-state index contributed by atoms with van der Waals surface area (Å²) in [7, 11) is 0. The zero-order valence-corrected chi connectivity index (χ0v) is 26.4. The highest BCUT2D eigenvalue weighted by atomic mass is 16.6. The summed E-state index contributed by atoms with van der Waals surface area (Å²) in [5.74, 6) is -1.49. The topological polar surface area (TPSA) is 166 Å². The van der Waals surface area contributed by atoms with Gasteiger partial charge in [-0.05, 0) is 49.4 Å². The van der Waals surface area contributed by atoms with E-state index < -0.39 is 41.6 Å². The third-order valence-electron chi connectivity index (χ3n) is 7.80. The van der Waals surface area contributed by atoms with Crippen LogP contribution in [-0.4, -0.2) is 65.0 Å². The Morgan fingerprint density at radius 1 is 0.778 bits per heavy atom. The molecule has 1 aliphatic rings. The molecule has 11 nitrogen and oxygen atoms in total. The number of epoxide rings is 1. The molecule has 1 saturated heterocycles. The van der Waals surface area contributed by atoms with Crippen molar-refractivity contribution in [2.24, 2.45) is 0 Å². The molecular weight excluding hydrogens is 576 g/mol. The Hall–Kier alpha value is -4.25. The molecule has 3 rings (SSSR count). The van der Waals surface area contributed by atoms with E-state index in [1.807, 2.05) is 44.2 Å². The number of nitrogens with one attached hydrogen (secondary N) is 4. The number of ketones is 1. The summed E-state index contributed by atoms with van der Waals surface area (Å²) in [5.41, 5.74) is 1.00. The van der Waals surface area contributed by atoms with Crippen molar-refractivity contribution in [1.82, 2.24) is 16.0 Å². The number of hydrogen-bond donors (Lipinski definition) is 5. The zero-order chi connectivity index (χ0) is 32.8. The molecule has 2 aromatic carbocycles. The van der Waals surface area contributed by atoms with Crippen LogP contribution in [-0.2, 0) is 36.8 Å². The Bertz CT molecular complexity index is 1300. The highest BCUT2D eigenvalue weighted by molar-refractivity contribution is 5.98. The van der Waals surface area contributed by atoms with Gasteiger partial charge in [0.05, 0.1) is 12.6 Å². The second-order valence-corrected chi connectivity index (χ2v) is 11.7. The number of ether oxygens (including phenoxy) is 1. The van der Waals surface area contributed by atoms with E-state index in [2.05, 4.69) is 21.3 Å². The summed E-state index contributed by atoms with van der Waals surface area (Å²) in [6.45, 7) is 6.00. The smallest absolute Gasteiger partial charge is 0.409 e. The maximum absolute atomic E-state index is 13.7. The van der Waals surface area contributed by atoms with Crippen LogP contribution in [0.5, 0.6) is 0 Å². The van der Waals surface area contributed by atoms with Crippen LogP contribution in [0.3, 0.4) is 0 Å². The standard InChI is InChI=1S/C34H46N4O7/c1-4-6-9-15-29(39)36-28(21-24-16-18-25(19-17-24)35-33(43)44)32(42)37-26(14-7-5-2)31(41)38-27(30(40)34(3)22-45-34)20-23-12-10-8-11-13-23/h8,10-13,16-19,26-28,35H,4-7,9,14-15,20-22H2,1-3H3,(H,36,39)(H,37,42)(H,38,41)(H,43,44). The summed E-state index contributed by atoms with van der Waals surface area (Å²) >= 11 is 0. The molecule has 0 aromatic heterocycles. The zero-order valence-electron chi connectivity index (χ0n) is 26.4. The van der Waals surface area contributed by atoms with E-state index >= 15 is 0 Å². The number of benzene rings is 2. The Kier molecular flexibility index (Phi) is 13.5. The largest absolute Gasteiger partial charge is 0.465 e. The summed E-state index contributed by atoms with van der Waals surface area (Å²) in [4.78, 5) is 64.5. The fourth-order valence-corrected chi connectivity index (χ4v) is 4.99. The minimum absolute atomic E-state index is 0.131. The molecule has 5 N–H and O–H groups in total. The summed E-state index contributed by atoms with van der Waals surface area (Å²) in [6.07, 6.45) is 3.79. The molecule has 11 heteroatoms. The molecule has 2 aromatic rings. The van der Waals surface area contributed by atoms with Gasteiger partial charge in [0.1, 0.15) is 17.7 Å². The lowest BCUT2D eigenvalue weighted by atomic mass is 9.94. The monoisotopic (exact) mass is 622 g/mol. The van der Waals surface area contributed by atoms with Gasteiger partial charge >= 0.3 is 6.09 Å². The number of carbonyl (C=O) groups excluding carboxylic acids is 4. The molecule has 0 bridgehead atoms. The van der Waals surface area contributed by atoms with Crippen LogP contribution < -0.4 is 21.3 Å². The quantitative estimate of drug-likeness (QED) is 0.116. The lowest BCUT2D eigenvalue weighted by Crippen LogP contribution is -2.57. The first-order valence-corrected chi connectivity index (χ1v) is 15.8. The number of amides is 4. The molecule has 0 radical (unpaired) electrons. The van der Waals surface area contributed by atoms with E-state index in [9.17, 15) is 24.0 Å². The third-order valence-corrected chi connectivity index (χ3v) is 7.80.